The van der Waals surface area contributed by atoms with Crippen molar-refractivity contribution in [1.29, 1.82) is 0 Å². The fourth-order valence-corrected chi connectivity index (χ4v) is 2.97. The lowest BCUT2D eigenvalue weighted by Gasteiger charge is -2.21. The third kappa shape index (κ3) is 3.14. The number of para-hydroxylation sites is 1. The first-order chi connectivity index (χ1) is 10.8. The number of anilines is 1. The van der Waals surface area contributed by atoms with Crippen molar-refractivity contribution < 1.29 is 9.53 Å². The highest BCUT2D eigenvalue weighted by molar-refractivity contribution is 5.94. The molecule has 0 heterocycles. The molecule has 0 saturated carbocycles. The van der Waals surface area contributed by atoms with Crippen LogP contribution < -0.4 is 9.64 Å². The number of carbonyl (C=O) groups is 1. The molecule has 0 aliphatic heterocycles. The molecule has 0 bridgehead atoms. The van der Waals surface area contributed by atoms with Crippen molar-refractivity contribution in [3.05, 3.63) is 59.7 Å². The van der Waals surface area contributed by atoms with Crippen molar-refractivity contribution in [3.8, 4) is 5.75 Å². The van der Waals surface area contributed by atoms with E-state index in [4.69, 9.17) is 4.74 Å². The molecule has 3 heteroatoms. The van der Waals surface area contributed by atoms with Crippen LogP contribution in [0, 0.1) is 0 Å². The van der Waals surface area contributed by atoms with E-state index in [-0.39, 0.29) is 12.5 Å². The molecule has 0 aromatic heterocycles. The van der Waals surface area contributed by atoms with Gasteiger partial charge in [0.2, 0.25) is 0 Å². The molecule has 0 fully saturated rings. The molecular formula is C19H21NO2. The number of benzene rings is 2. The Balaban J connectivity index is 1.64. The van der Waals surface area contributed by atoms with E-state index in [2.05, 4.69) is 12.1 Å². The third-order valence-electron chi connectivity index (χ3n) is 4.12. The summed E-state index contributed by atoms with van der Waals surface area (Å²) >= 11 is 0. The highest BCUT2D eigenvalue weighted by Crippen LogP contribution is 2.26. The van der Waals surface area contributed by atoms with Crippen molar-refractivity contribution in [3.63, 3.8) is 0 Å². The minimum absolute atomic E-state index is 0.0193. The zero-order valence-electron chi connectivity index (χ0n) is 12.9. The Morgan fingerprint density at radius 1 is 1.09 bits per heavy atom. The van der Waals surface area contributed by atoms with Gasteiger partial charge in [-0.3, -0.25) is 4.79 Å². The maximum atomic E-state index is 12.4. The number of fused-ring (bicyclic) bond motifs is 1. The van der Waals surface area contributed by atoms with E-state index >= 15 is 0 Å². The number of aryl methyl sites for hydroxylation is 2. The molecule has 2 aromatic carbocycles. The highest BCUT2D eigenvalue weighted by Gasteiger charge is 2.15. The number of amides is 1. The molecular weight excluding hydrogens is 274 g/mol. The van der Waals surface area contributed by atoms with E-state index < -0.39 is 0 Å². The lowest BCUT2D eigenvalue weighted by molar-refractivity contribution is -0.120. The predicted molar refractivity (Wildman–Crippen MR) is 88.4 cm³/mol. The Bertz CT molecular complexity index is 652. The predicted octanol–water partition coefficient (Wildman–Crippen LogP) is 3.61. The molecule has 114 valence electrons. The molecule has 2 aromatic rings. The second-order valence-electron chi connectivity index (χ2n) is 5.55. The van der Waals surface area contributed by atoms with Gasteiger partial charge in [0, 0.05) is 12.2 Å². The van der Waals surface area contributed by atoms with E-state index in [0.29, 0.717) is 6.54 Å². The highest BCUT2D eigenvalue weighted by atomic mass is 16.5. The van der Waals surface area contributed by atoms with Gasteiger partial charge in [-0.15, -0.1) is 0 Å². The molecule has 3 nitrogen and oxygen atoms in total. The van der Waals surface area contributed by atoms with E-state index in [0.717, 1.165) is 24.3 Å². The largest absolute Gasteiger partial charge is 0.484 e. The van der Waals surface area contributed by atoms with Crippen molar-refractivity contribution in [1.82, 2.24) is 0 Å². The first-order valence-electron chi connectivity index (χ1n) is 7.88. The van der Waals surface area contributed by atoms with E-state index in [1.54, 1.807) is 4.90 Å². The molecule has 3 rings (SSSR count). The van der Waals surface area contributed by atoms with Gasteiger partial charge >= 0.3 is 0 Å². The fraction of sp³-hybridized carbons (Fsp3) is 0.316. The van der Waals surface area contributed by atoms with Gasteiger partial charge < -0.3 is 9.64 Å². The van der Waals surface area contributed by atoms with Gasteiger partial charge in [-0.1, -0.05) is 24.3 Å². The topological polar surface area (TPSA) is 29.5 Å². The van der Waals surface area contributed by atoms with E-state index in [1.165, 1.54) is 17.5 Å². The van der Waals surface area contributed by atoms with Crippen LogP contribution in [0.5, 0.6) is 5.75 Å². The van der Waals surface area contributed by atoms with Crippen LogP contribution in [-0.4, -0.2) is 19.1 Å². The van der Waals surface area contributed by atoms with Gasteiger partial charge in [-0.2, -0.15) is 0 Å². The van der Waals surface area contributed by atoms with Crippen LogP contribution in [0.2, 0.25) is 0 Å². The smallest absolute Gasteiger partial charge is 0.264 e. The summed E-state index contributed by atoms with van der Waals surface area (Å²) in [5.41, 5.74) is 3.69. The van der Waals surface area contributed by atoms with E-state index in [1.807, 2.05) is 43.3 Å². The number of nitrogens with zero attached hydrogens (tertiary/aromatic N) is 1. The summed E-state index contributed by atoms with van der Waals surface area (Å²) in [4.78, 5) is 14.1. The lowest BCUT2D eigenvalue weighted by Crippen LogP contribution is -2.34. The summed E-state index contributed by atoms with van der Waals surface area (Å²) in [6.45, 7) is 2.68. The molecule has 0 radical (unpaired) electrons. The van der Waals surface area contributed by atoms with Crippen LogP contribution in [0.3, 0.4) is 0 Å². The summed E-state index contributed by atoms with van der Waals surface area (Å²) in [5.74, 6) is 0.771. The molecule has 0 spiro atoms. The monoisotopic (exact) mass is 295 g/mol. The molecule has 0 atom stereocenters. The average Bonchev–Trinajstić information content (AvgIpc) is 3.02. The number of likely N-dealkylation sites (N-methyl/N-ethyl adjacent to an activating group) is 1. The Morgan fingerprint density at radius 3 is 2.64 bits per heavy atom. The zero-order valence-corrected chi connectivity index (χ0v) is 12.9. The normalized spacial score (nSPS) is 12.8. The van der Waals surface area contributed by atoms with Crippen LogP contribution in [0.25, 0.3) is 0 Å². The van der Waals surface area contributed by atoms with Gasteiger partial charge in [0.25, 0.3) is 5.91 Å². The molecule has 1 aliphatic carbocycles. The summed E-state index contributed by atoms with van der Waals surface area (Å²) in [5, 5.41) is 0. The standard InChI is InChI=1S/C19H21NO2/c1-2-20(17-9-4-3-5-10-17)19(21)14-22-18-12-11-15-7-6-8-16(15)13-18/h3-5,9-13H,2,6-8,14H2,1H3. The third-order valence-corrected chi connectivity index (χ3v) is 4.12. The van der Waals surface area contributed by atoms with Gasteiger partial charge in [0.15, 0.2) is 6.61 Å². The first kappa shape index (κ1) is 14.6. The van der Waals surface area contributed by atoms with Crippen LogP contribution in [0.15, 0.2) is 48.5 Å². The van der Waals surface area contributed by atoms with Crippen molar-refractivity contribution in [2.24, 2.45) is 0 Å². The van der Waals surface area contributed by atoms with Crippen molar-refractivity contribution >= 4 is 11.6 Å². The molecule has 0 N–H and O–H groups in total. The summed E-state index contributed by atoms with van der Waals surface area (Å²) < 4.78 is 5.71. The Hall–Kier alpha value is -2.29. The lowest BCUT2D eigenvalue weighted by atomic mass is 10.1. The van der Waals surface area contributed by atoms with Gasteiger partial charge in [-0.05, 0) is 61.6 Å². The molecule has 1 aliphatic rings. The molecule has 1 amide bonds. The Kier molecular flexibility index (Phi) is 4.42. The summed E-state index contributed by atoms with van der Waals surface area (Å²) in [6, 6.07) is 15.9. The van der Waals surface area contributed by atoms with Gasteiger partial charge in [0.1, 0.15) is 5.75 Å². The van der Waals surface area contributed by atoms with E-state index in [9.17, 15) is 4.79 Å². The van der Waals surface area contributed by atoms with Crippen LogP contribution in [-0.2, 0) is 17.6 Å². The SMILES string of the molecule is CCN(C(=O)COc1ccc2c(c1)CCC2)c1ccccc1. The summed E-state index contributed by atoms with van der Waals surface area (Å²) in [6.07, 6.45) is 3.49. The zero-order chi connectivity index (χ0) is 15.4. The van der Waals surface area contributed by atoms with Crippen LogP contribution >= 0.6 is 0 Å². The number of rotatable bonds is 5. The first-order valence-corrected chi connectivity index (χ1v) is 7.88. The summed E-state index contributed by atoms with van der Waals surface area (Å²) in [7, 11) is 0. The Labute approximate surface area is 131 Å². The maximum Gasteiger partial charge on any atom is 0.264 e. The number of hydrogen-bond donors (Lipinski definition) is 0. The second-order valence-corrected chi connectivity index (χ2v) is 5.55. The number of hydrogen-bond acceptors (Lipinski definition) is 2. The molecule has 22 heavy (non-hydrogen) atoms. The molecule has 0 unspecified atom stereocenters. The molecule has 0 saturated heterocycles. The van der Waals surface area contributed by atoms with Gasteiger partial charge in [-0.25, -0.2) is 0 Å². The average molecular weight is 295 g/mol. The second kappa shape index (κ2) is 6.65. The number of ether oxygens (including phenoxy) is 1. The maximum absolute atomic E-state index is 12.4. The Morgan fingerprint density at radius 2 is 1.86 bits per heavy atom. The minimum atomic E-state index is -0.0193. The van der Waals surface area contributed by atoms with Crippen molar-refractivity contribution in [2.75, 3.05) is 18.1 Å². The minimum Gasteiger partial charge on any atom is -0.484 e. The quantitative estimate of drug-likeness (QED) is 0.843. The van der Waals surface area contributed by atoms with Gasteiger partial charge in [0.05, 0.1) is 0 Å². The van der Waals surface area contributed by atoms with Crippen molar-refractivity contribution in [2.45, 2.75) is 26.2 Å². The fourth-order valence-electron chi connectivity index (χ4n) is 2.97. The van der Waals surface area contributed by atoms with Crippen LogP contribution in [0.4, 0.5) is 5.69 Å². The van der Waals surface area contributed by atoms with Crippen LogP contribution in [0.1, 0.15) is 24.5 Å². The number of carbonyl (C=O) groups excluding carboxylic acids is 1.